The van der Waals surface area contributed by atoms with E-state index in [9.17, 15) is 16.8 Å². The average Bonchev–Trinajstić information content (AvgIpc) is 3.09. The topological polar surface area (TPSA) is 98.1 Å². The Morgan fingerprint density at radius 3 is 2.41 bits per heavy atom. The van der Waals surface area contributed by atoms with Crippen LogP contribution in [-0.4, -0.2) is 32.6 Å². The minimum Gasteiger partial charge on any atom is -0.303 e. The first kappa shape index (κ1) is 19.3. The summed E-state index contributed by atoms with van der Waals surface area (Å²) in [4.78, 5) is 4.10. The van der Waals surface area contributed by atoms with Gasteiger partial charge in [-0.2, -0.15) is 0 Å². The van der Waals surface area contributed by atoms with Crippen LogP contribution in [0.5, 0.6) is 0 Å². The Hall–Kier alpha value is -2.49. The number of aromatic nitrogens is 2. The third-order valence-electron chi connectivity index (χ3n) is 4.05. The van der Waals surface area contributed by atoms with Crippen LogP contribution in [0.25, 0.3) is 5.69 Å². The van der Waals surface area contributed by atoms with Crippen LogP contribution in [-0.2, 0) is 26.4 Å². The highest BCUT2D eigenvalue weighted by atomic mass is 32.2. The van der Waals surface area contributed by atoms with E-state index in [-0.39, 0.29) is 16.3 Å². The van der Waals surface area contributed by atoms with E-state index in [0.717, 1.165) is 11.9 Å². The molecule has 0 unspecified atom stereocenters. The first-order valence-electron chi connectivity index (χ1n) is 8.06. The standard InChI is InChI=1S/C18H19N3O4S2/c1-14-8-9-16(26(2,22)23)12-17(14)27(24,25)20-13-18-19-10-11-21(18)15-6-4-3-5-7-15/h3-12,20H,13H2,1-2H3. The van der Waals surface area contributed by atoms with E-state index in [1.54, 1.807) is 23.9 Å². The maximum absolute atomic E-state index is 12.7. The van der Waals surface area contributed by atoms with Gasteiger partial charge in [0.2, 0.25) is 10.0 Å². The molecule has 0 aliphatic carbocycles. The van der Waals surface area contributed by atoms with E-state index in [1.807, 2.05) is 30.3 Å². The highest BCUT2D eigenvalue weighted by Crippen LogP contribution is 2.20. The van der Waals surface area contributed by atoms with Crippen LogP contribution in [0, 0.1) is 6.92 Å². The Morgan fingerprint density at radius 1 is 1.04 bits per heavy atom. The van der Waals surface area contributed by atoms with Crippen LogP contribution >= 0.6 is 0 Å². The fourth-order valence-corrected chi connectivity index (χ4v) is 4.60. The quantitative estimate of drug-likeness (QED) is 0.677. The number of para-hydroxylation sites is 1. The molecule has 2 aromatic carbocycles. The summed E-state index contributed by atoms with van der Waals surface area (Å²) in [6, 6.07) is 13.5. The molecular weight excluding hydrogens is 386 g/mol. The van der Waals surface area contributed by atoms with E-state index in [1.165, 1.54) is 18.2 Å². The Balaban J connectivity index is 1.89. The summed E-state index contributed by atoms with van der Waals surface area (Å²) in [5, 5.41) is 0. The van der Waals surface area contributed by atoms with Crippen LogP contribution in [0.15, 0.2) is 70.7 Å². The largest absolute Gasteiger partial charge is 0.303 e. The minimum atomic E-state index is -3.92. The van der Waals surface area contributed by atoms with Gasteiger partial charge in [0.1, 0.15) is 5.82 Å². The summed E-state index contributed by atoms with van der Waals surface area (Å²) in [5.74, 6) is 0.515. The second kappa shape index (κ2) is 7.26. The second-order valence-electron chi connectivity index (χ2n) is 6.07. The number of nitrogens with zero attached hydrogens (tertiary/aromatic N) is 2. The average molecular weight is 406 g/mol. The Kier molecular flexibility index (Phi) is 5.18. The van der Waals surface area contributed by atoms with Crippen molar-refractivity contribution in [2.24, 2.45) is 0 Å². The molecule has 1 heterocycles. The number of nitrogens with one attached hydrogen (secondary N) is 1. The normalized spacial score (nSPS) is 12.2. The molecule has 0 atom stereocenters. The Bertz CT molecular complexity index is 1170. The molecule has 3 rings (SSSR count). The lowest BCUT2D eigenvalue weighted by molar-refractivity contribution is 0.577. The van der Waals surface area contributed by atoms with Gasteiger partial charge < -0.3 is 4.57 Å². The lowest BCUT2D eigenvalue weighted by Gasteiger charge is -2.12. The molecular formula is C18H19N3O4S2. The molecule has 0 fully saturated rings. The molecule has 9 heteroatoms. The van der Waals surface area contributed by atoms with Crippen molar-refractivity contribution in [1.29, 1.82) is 0 Å². The predicted molar refractivity (Wildman–Crippen MR) is 102 cm³/mol. The van der Waals surface area contributed by atoms with Gasteiger partial charge in [-0.25, -0.2) is 26.5 Å². The van der Waals surface area contributed by atoms with E-state index in [0.29, 0.717) is 11.4 Å². The van der Waals surface area contributed by atoms with Crippen molar-refractivity contribution in [1.82, 2.24) is 14.3 Å². The lowest BCUT2D eigenvalue weighted by atomic mass is 10.2. The molecule has 1 N–H and O–H groups in total. The smallest absolute Gasteiger partial charge is 0.241 e. The fourth-order valence-electron chi connectivity index (χ4n) is 2.63. The van der Waals surface area contributed by atoms with Gasteiger partial charge >= 0.3 is 0 Å². The highest BCUT2D eigenvalue weighted by Gasteiger charge is 2.20. The number of hydrogen-bond donors (Lipinski definition) is 1. The van der Waals surface area contributed by atoms with E-state index in [4.69, 9.17) is 0 Å². The van der Waals surface area contributed by atoms with Crippen molar-refractivity contribution in [3.63, 3.8) is 0 Å². The maximum Gasteiger partial charge on any atom is 0.241 e. The van der Waals surface area contributed by atoms with Crippen LogP contribution in [0.3, 0.4) is 0 Å². The fraction of sp³-hybridized carbons (Fsp3) is 0.167. The third-order valence-corrected chi connectivity index (χ3v) is 6.70. The SMILES string of the molecule is Cc1ccc(S(C)(=O)=O)cc1S(=O)(=O)NCc1nccn1-c1ccccc1. The molecule has 0 saturated heterocycles. The number of sulfone groups is 1. The van der Waals surface area contributed by atoms with Gasteiger partial charge in [-0.15, -0.1) is 0 Å². The molecule has 0 aliphatic rings. The van der Waals surface area contributed by atoms with Crippen molar-refractivity contribution in [2.75, 3.05) is 6.26 Å². The zero-order chi connectivity index (χ0) is 19.7. The molecule has 0 saturated carbocycles. The number of aryl methyl sites for hydroxylation is 1. The number of imidazole rings is 1. The molecule has 0 amide bonds. The number of rotatable bonds is 6. The number of benzene rings is 2. The van der Waals surface area contributed by atoms with E-state index < -0.39 is 19.9 Å². The van der Waals surface area contributed by atoms with Gasteiger partial charge in [0.25, 0.3) is 0 Å². The zero-order valence-electron chi connectivity index (χ0n) is 14.8. The van der Waals surface area contributed by atoms with Crippen molar-refractivity contribution in [3.8, 4) is 5.69 Å². The van der Waals surface area contributed by atoms with Crippen LogP contribution in [0.2, 0.25) is 0 Å². The molecule has 142 valence electrons. The van der Waals surface area contributed by atoms with Crippen molar-refractivity contribution < 1.29 is 16.8 Å². The molecule has 3 aromatic rings. The molecule has 7 nitrogen and oxygen atoms in total. The number of sulfonamides is 1. The molecule has 1 aromatic heterocycles. The molecule has 0 aliphatic heterocycles. The summed E-state index contributed by atoms with van der Waals surface area (Å²) in [7, 11) is -7.43. The summed E-state index contributed by atoms with van der Waals surface area (Å²) in [5.41, 5.74) is 1.32. The van der Waals surface area contributed by atoms with E-state index in [2.05, 4.69) is 9.71 Å². The van der Waals surface area contributed by atoms with Gasteiger partial charge in [0.15, 0.2) is 9.84 Å². The lowest BCUT2D eigenvalue weighted by Crippen LogP contribution is -2.25. The summed E-state index contributed by atoms with van der Waals surface area (Å²) >= 11 is 0. The first-order chi connectivity index (χ1) is 12.7. The van der Waals surface area contributed by atoms with Crippen LogP contribution in [0.1, 0.15) is 11.4 Å². The predicted octanol–water partition coefficient (Wildman–Crippen LogP) is 2.06. The third kappa shape index (κ3) is 4.26. The minimum absolute atomic E-state index is 0.0350. The summed E-state index contributed by atoms with van der Waals surface area (Å²) < 4.78 is 53.2. The number of hydrogen-bond acceptors (Lipinski definition) is 5. The maximum atomic E-state index is 12.7. The molecule has 27 heavy (non-hydrogen) atoms. The van der Waals surface area contributed by atoms with Gasteiger partial charge in [-0.05, 0) is 36.8 Å². The van der Waals surface area contributed by atoms with Crippen molar-refractivity contribution >= 4 is 19.9 Å². The molecule has 0 spiro atoms. The van der Waals surface area contributed by atoms with Crippen LogP contribution < -0.4 is 4.72 Å². The zero-order valence-corrected chi connectivity index (χ0v) is 16.5. The monoisotopic (exact) mass is 405 g/mol. The first-order valence-corrected chi connectivity index (χ1v) is 11.4. The van der Waals surface area contributed by atoms with Gasteiger partial charge in [0.05, 0.1) is 16.3 Å². The Morgan fingerprint density at radius 2 is 1.74 bits per heavy atom. The van der Waals surface area contributed by atoms with Crippen molar-refractivity contribution in [2.45, 2.75) is 23.3 Å². The Labute approximate surface area is 158 Å². The molecule has 0 bridgehead atoms. The van der Waals surface area contributed by atoms with Gasteiger partial charge in [0, 0.05) is 24.3 Å². The van der Waals surface area contributed by atoms with Crippen LogP contribution in [0.4, 0.5) is 0 Å². The summed E-state index contributed by atoms with van der Waals surface area (Å²) in [6.07, 6.45) is 4.37. The second-order valence-corrected chi connectivity index (χ2v) is 9.82. The van der Waals surface area contributed by atoms with E-state index >= 15 is 0 Å². The molecule has 0 radical (unpaired) electrons. The van der Waals surface area contributed by atoms with Gasteiger partial charge in [-0.1, -0.05) is 24.3 Å². The highest BCUT2D eigenvalue weighted by molar-refractivity contribution is 7.91. The van der Waals surface area contributed by atoms with Crippen molar-refractivity contribution in [3.05, 3.63) is 72.3 Å². The van der Waals surface area contributed by atoms with Gasteiger partial charge in [-0.3, -0.25) is 0 Å². The summed E-state index contributed by atoms with van der Waals surface area (Å²) in [6.45, 7) is 1.58.